The van der Waals surface area contributed by atoms with E-state index in [2.05, 4.69) is 30.5 Å². The summed E-state index contributed by atoms with van der Waals surface area (Å²) in [6, 6.07) is 8.13. The number of aromatic nitrogens is 1. The molecule has 2 aromatic rings. The number of allylic oxidation sites excluding steroid dienone is 4. The molecule has 0 spiro atoms. The maximum Gasteiger partial charge on any atom is 0.121 e. The molecule has 21 heavy (non-hydrogen) atoms. The lowest BCUT2D eigenvalue weighted by atomic mass is 9.95. The zero-order valence-corrected chi connectivity index (χ0v) is 12.7. The molecule has 2 N–H and O–H groups in total. The summed E-state index contributed by atoms with van der Waals surface area (Å²) in [5.41, 5.74) is 9.62. The monoisotopic (exact) mass is 284 g/mol. The largest absolute Gasteiger partial charge is 0.335 e. The highest BCUT2D eigenvalue weighted by Gasteiger charge is 2.26. The van der Waals surface area contributed by atoms with Gasteiger partial charge in [0.05, 0.1) is 6.04 Å². The second kappa shape index (κ2) is 5.15. The molecule has 1 aromatic heterocycles. The van der Waals surface area contributed by atoms with E-state index in [0.29, 0.717) is 0 Å². The second-order valence-electron chi connectivity index (χ2n) is 5.95. The van der Waals surface area contributed by atoms with Gasteiger partial charge in [0.15, 0.2) is 0 Å². The number of benzene rings is 1. The summed E-state index contributed by atoms with van der Waals surface area (Å²) in [4.78, 5) is 0. The van der Waals surface area contributed by atoms with Crippen LogP contribution in [0.25, 0.3) is 10.9 Å². The van der Waals surface area contributed by atoms with Crippen LogP contribution in [0.1, 0.15) is 37.2 Å². The summed E-state index contributed by atoms with van der Waals surface area (Å²) >= 11 is 0. The Morgan fingerprint density at radius 1 is 1.29 bits per heavy atom. The summed E-state index contributed by atoms with van der Waals surface area (Å²) in [5.74, 6) is 0.0568. The van der Waals surface area contributed by atoms with E-state index in [0.717, 1.165) is 11.2 Å². The average Bonchev–Trinajstić information content (AvgIpc) is 2.75. The normalized spacial score (nSPS) is 23.4. The fourth-order valence-electron chi connectivity index (χ4n) is 3.37. The zero-order chi connectivity index (χ0) is 15.1. The van der Waals surface area contributed by atoms with Crippen LogP contribution >= 0.6 is 0 Å². The van der Waals surface area contributed by atoms with Gasteiger partial charge in [0, 0.05) is 22.6 Å². The van der Waals surface area contributed by atoms with Gasteiger partial charge < -0.3 is 10.3 Å². The average molecular weight is 284 g/mol. The minimum Gasteiger partial charge on any atom is -0.335 e. The van der Waals surface area contributed by atoms with Crippen molar-refractivity contribution in [3.63, 3.8) is 0 Å². The van der Waals surface area contributed by atoms with Crippen LogP contribution in [-0.4, -0.2) is 4.57 Å². The van der Waals surface area contributed by atoms with Crippen LogP contribution in [0.3, 0.4) is 0 Å². The molecular formula is C18H21FN2. The Morgan fingerprint density at radius 3 is 2.71 bits per heavy atom. The van der Waals surface area contributed by atoms with Gasteiger partial charge in [0.2, 0.25) is 0 Å². The summed E-state index contributed by atoms with van der Waals surface area (Å²) in [6.07, 6.45) is 5.17. The van der Waals surface area contributed by atoms with Crippen molar-refractivity contribution in [3.05, 3.63) is 59.6 Å². The zero-order valence-electron chi connectivity index (χ0n) is 12.7. The number of halogens is 1. The fourth-order valence-corrected chi connectivity index (χ4v) is 3.37. The molecule has 0 amide bonds. The van der Waals surface area contributed by atoms with Crippen molar-refractivity contribution in [3.8, 4) is 0 Å². The first-order chi connectivity index (χ1) is 10.0. The van der Waals surface area contributed by atoms with Crippen LogP contribution < -0.4 is 5.73 Å². The number of hydrogen-bond acceptors (Lipinski definition) is 1. The molecule has 3 rings (SSSR count). The summed E-state index contributed by atoms with van der Waals surface area (Å²) < 4.78 is 16.0. The summed E-state index contributed by atoms with van der Waals surface area (Å²) in [7, 11) is 0. The first-order valence-corrected chi connectivity index (χ1v) is 7.41. The van der Waals surface area contributed by atoms with Crippen molar-refractivity contribution in [1.82, 2.24) is 4.57 Å². The van der Waals surface area contributed by atoms with E-state index in [9.17, 15) is 4.39 Å². The number of nitrogens with two attached hydrogens (primary N) is 1. The van der Waals surface area contributed by atoms with E-state index in [1.54, 1.807) is 12.2 Å². The van der Waals surface area contributed by atoms with Gasteiger partial charge in [-0.15, -0.1) is 0 Å². The van der Waals surface area contributed by atoms with Crippen LogP contribution in [0.15, 0.2) is 48.3 Å². The molecule has 2 nitrogen and oxygen atoms in total. The molecule has 3 unspecified atom stereocenters. The predicted molar refractivity (Wildman–Crippen MR) is 85.8 cm³/mol. The molecule has 0 saturated heterocycles. The topological polar surface area (TPSA) is 30.9 Å². The predicted octanol–water partition coefficient (Wildman–Crippen LogP) is 4.57. The van der Waals surface area contributed by atoms with E-state index in [4.69, 9.17) is 5.73 Å². The minimum absolute atomic E-state index is 0.0328. The molecule has 0 saturated carbocycles. The smallest absolute Gasteiger partial charge is 0.121 e. The molecule has 1 aliphatic carbocycles. The quantitative estimate of drug-likeness (QED) is 0.860. The highest BCUT2D eigenvalue weighted by molar-refractivity contribution is 5.85. The second-order valence-corrected chi connectivity index (χ2v) is 5.95. The van der Waals surface area contributed by atoms with E-state index in [1.807, 2.05) is 25.1 Å². The molecule has 1 heterocycles. The Bertz CT molecular complexity index is 737. The Hall–Kier alpha value is -1.87. The first-order valence-electron chi connectivity index (χ1n) is 7.41. The number of fused-ring (bicyclic) bond motifs is 1. The van der Waals surface area contributed by atoms with Gasteiger partial charge in [-0.2, -0.15) is 0 Å². The van der Waals surface area contributed by atoms with Gasteiger partial charge in [-0.05, 0) is 43.5 Å². The molecular weight excluding hydrogens is 263 g/mol. The van der Waals surface area contributed by atoms with E-state index >= 15 is 0 Å². The Morgan fingerprint density at radius 2 is 2.00 bits per heavy atom. The molecule has 1 aromatic carbocycles. The number of aryl methyl sites for hydroxylation is 1. The third-order valence-electron chi connectivity index (χ3n) is 4.37. The molecule has 0 bridgehead atoms. The van der Waals surface area contributed by atoms with Crippen molar-refractivity contribution in [2.45, 2.75) is 32.9 Å². The van der Waals surface area contributed by atoms with Gasteiger partial charge >= 0.3 is 0 Å². The van der Waals surface area contributed by atoms with E-state index in [-0.39, 0.29) is 23.8 Å². The van der Waals surface area contributed by atoms with Crippen LogP contribution in [0.5, 0.6) is 0 Å². The lowest BCUT2D eigenvalue weighted by molar-refractivity contribution is 0.458. The number of hydrogen-bond donors (Lipinski definition) is 1. The molecule has 0 fully saturated rings. The van der Waals surface area contributed by atoms with Gasteiger partial charge in [-0.1, -0.05) is 31.2 Å². The summed E-state index contributed by atoms with van der Waals surface area (Å²) in [6.45, 7) is 6.20. The highest BCUT2D eigenvalue weighted by Crippen LogP contribution is 2.37. The van der Waals surface area contributed by atoms with Gasteiger partial charge in [0.25, 0.3) is 0 Å². The molecule has 3 heteroatoms. The van der Waals surface area contributed by atoms with Crippen molar-refractivity contribution in [2.24, 2.45) is 11.7 Å². The third-order valence-corrected chi connectivity index (χ3v) is 4.37. The van der Waals surface area contributed by atoms with Gasteiger partial charge in [-0.25, -0.2) is 4.39 Å². The maximum atomic E-state index is 13.8. The van der Waals surface area contributed by atoms with Crippen LogP contribution in [0, 0.1) is 12.8 Å². The molecule has 3 atom stereocenters. The van der Waals surface area contributed by atoms with Crippen LogP contribution in [0.2, 0.25) is 0 Å². The lowest BCUT2D eigenvalue weighted by Gasteiger charge is -2.27. The highest BCUT2D eigenvalue weighted by atomic mass is 19.1. The Balaban J connectivity index is 2.31. The first kappa shape index (κ1) is 14.1. The fraction of sp³-hybridized carbons (Fsp3) is 0.333. The van der Waals surface area contributed by atoms with Crippen molar-refractivity contribution < 1.29 is 4.39 Å². The number of para-hydroxylation sites is 1. The van der Waals surface area contributed by atoms with Crippen molar-refractivity contribution >= 4 is 10.9 Å². The molecule has 0 aliphatic heterocycles. The van der Waals surface area contributed by atoms with Gasteiger partial charge in [0.1, 0.15) is 5.83 Å². The summed E-state index contributed by atoms with van der Waals surface area (Å²) in [5, 5.41) is 1.19. The van der Waals surface area contributed by atoms with Crippen LogP contribution in [0.4, 0.5) is 4.39 Å². The van der Waals surface area contributed by atoms with Crippen LogP contribution in [-0.2, 0) is 0 Å². The van der Waals surface area contributed by atoms with E-state index in [1.165, 1.54) is 10.9 Å². The molecule has 1 aliphatic rings. The molecule has 0 radical (unpaired) electrons. The standard InChI is InChI=1S/C18H21FN2/c1-11-8-9-14(19)10-17(11)21-16-7-5-4-6-15(16)12(2)18(21)13(3)20/h4-11,13,17H,20H2,1-3H3. The minimum atomic E-state index is -0.177. The number of rotatable bonds is 2. The Labute approximate surface area is 124 Å². The Kier molecular flexibility index (Phi) is 3.46. The number of nitrogens with zero attached hydrogens (tertiary/aromatic N) is 1. The van der Waals surface area contributed by atoms with Crippen molar-refractivity contribution in [2.75, 3.05) is 0 Å². The van der Waals surface area contributed by atoms with E-state index < -0.39 is 0 Å². The third kappa shape index (κ3) is 2.22. The van der Waals surface area contributed by atoms with Gasteiger partial charge in [-0.3, -0.25) is 0 Å². The van der Waals surface area contributed by atoms with Crippen molar-refractivity contribution in [1.29, 1.82) is 0 Å². The lowest BCUT2D eigenvalue weighted by Crippen LogP contribution is -2.21. The maximum absolute atomic E-state index is 13.8. The SMILES string of the molecule is Cc1c(C(C)N)n(C2C=C(F)C=CC2C)c2ccccc12. The molecule has 110 valence electrons.